The summed E-state index contributed by atoms with van der Waals surface area (Å²) in [7, 11) is 0. The molecule has 1 aliphatic heterocycles. The lowest BCUT2D eigenvalue weighted by molar-refractivity contribution is -0.137. The number of imide groups is 1. The molecule has 1 aliphatic rings. The van der Waals surface area contributed by atoms with Gasteiger partial charge in [0.25, 0.3) is 11.8 Å². The molecular formula is C17H27NO6. The van der Waals surface area contributed by atoms with Crippen LogP contribution < -0.4 is 0 Å². The van der Waals surface area contributed by atoms with Crippen LogP contribution in [0.3, 0.4) is 0 Å². The smallest absolute Gasteiger partial charge is 0.253 e. The Hall–Kier alpha value is -1.57. The molecule has 0 aromatic heterocycles. The van der Waals surface area contributed by atoms with Gasteiger partial charge in [0.2, 0.25) is 0 Å². The van der Waals surface area contributed by atoms with E-state index in [1.807, 2.05) is 13.8 Å². The van der Waals surface area contributed by atoms with Crippen LogP contribution in [-0.2, 0) is 28.6 Å². The van der Waals surface area contributed by atoms with Gasteiger partial charge in [-0.2, -0.15) is 0 Å². The van der Waals surface area contributed by atoms with Crippen molar-refractivity contribution in [2.45, 2.75) is 26.7 Å². The third-order valence-corrected chi connectivity index (χ3v) is 3.53. The van der Waals surface area contributed by atoms with Crippen molar-refractivity contribution in [3.63, 3.8) is 0 Å². The van der Waals surface area contributed by atoms with Gasteiger partial charge in [0, 0.05) is 24.2 Å². The van der Waals surface area contributed by atoms with Crippen LogP contribution in [0.5, 0.6) is 0 Å². The summed E-state index contributed by atoms with van der Waals surface area (Å²) in [5.41, 5.74) is -0.280. The lowest BCUT2D eigenvalue weighted by Crippen LogP contribution is -2.33. The third kappa shape index (κ3) is 8.33. The van der Waals surface area contributed by atoms with Gasteiger partial charge >= 0.3 is 0 Å². The summed E-state index contributed by atoms with van der Waals surface area (Å²) in [6, 6.07) is 0. The molecule has 0 bridgehead atoms. The van der Waals surface area contributed by atoms with Gasteiger partial charge < -0.3 is 19.0 Å². The molecule has 0 radical (unpaired) electrons. The van der Waals surface area contributed by atoms with E-state index in [2.05, 4.69) is 0 Å². The Kier molecular flexibility index (Phi) is 9.44. The Labute approximate surface area is 142 Å². The van der Waals surface area contributed by atoms with Crippen LogP contribution in [-0.4, -0.2) is 69.2 Å². The normalized spacial score (nSPS) is 14.7. The molecule has 0 aromatic carbocycles. The van der Waals surface area contributed by atoms with Crippen molar-refractivity contribution in [2.75, 3.05) is 46.2 Å². The van der Waals surface area contributed by atoms with E-state index in [-0.39, 0.29) is 23.8 Å². The van der Waals surface area contributed by atoms with E-state index >= 15 is 0 Å². The second kappa shape index (κ2) is 11.1. The van der Waals surface area contributed by atoms with E-state index in [4.69, 9.17) is 14.2 Å². The van der Waals surface area contributed by atoms with Crippen molar-refractivity contribution in [2.24, 2.45) is 5.41 Å². The van der Waals surface area contributed by atoms with Crippen LogP contribution in [0.15, 0.2) is 12.2 Å². The Morgan fingerprint density at radius 3 is 1.96 bits per heavy atom. The fraction of sp³-hybridized carbons (Fsp3) is 0.706. The van der Waals surface area contributed by atoms with Gasteiger partial charge in [-0.05, 0) is 12.8 Å². The average Bonchev–Trinajstić information content (AvgIpc) is 2.87. The molecule has 2 amide bonds. The van der Waals surface area contributed by atoms with Gasteiger partial charge in [-0.25, -0.2) is 0 Å². The van der Waals surface area contributed by atoms with Crippen LogP contribution in [0.25, 0.3) is 0 Å². The topological polar surface area (TPSA) is 82.1 Å². The summed E-state index contributed by atoms with van der Waals surface area (Å²) in [4.78, 5) is 34.4. The second-order valence-electron chi connectivity index (χ2n) is 6.21. The minimum atomic E-state index is -0.298. The first-order valence-electron chi connectivity index (χ1n) is 8.19. The Balaban J connectivity index is 1.83. The largest absolute Gasteiger partial charge is 0.379 e. The van der Waals surface area contributed by atoms with Crippen LogP contribution in [0.4, 0.5) is 0 Å². The zero-order valence-corrected chi connectivity index (χ0v) is 14.5. The minimum Gasteiger partial charge on any atom is -0.379 e. The van der Waals surface area contributed by atoms with Gasteiger partial charge in [-0.1, -0.05) is 13.8 Å². The molecule has 0 atom stereocenters. The molecule has 0 saturated heterocycles. The predicted octanol–water partition coefficient (Wildman–Crippen LogP) is 0.966. The zero-order chi connectivity index (χ0) is 17.8. The summed E-state index contributed by atoms with van der Waals surface area (Å²) >= 11 is 0. The maximum Gasteiger partial charge on any atom is 0.253 e. The van der Waals surface area contributed by atoms with Gasteiger partial charge in [-0.15, -0.1) is 0 Å². The molecule has 0 aromatic rings. The Morgan fingerprint density at radius 2 is 1.42 bits per heavy atom. The number of ether oxygens (including phenoxy) is 3. The monoisotopic (exact) mass is 341 g/mol. The first kappa shape index (κ1) is 20.5. The van der Waals surface area contributed by atoms with Crippen molar-refractivity contribution < 1.29 is 28.6 Å². The molecule has 0 saturated carbocycles. The molecule has 0 spiro atoms. The quantitative estimate of drug-likeness (QED) is 0.266. The fourth-order valence-corrected chi connectivity index (χ4v) is 2.04. The van der Waals surface area contributed by atoms with E-state index in [0.717, 1.165) is 24.0 Å². The molecule has 0 fully saturated rings. The van der Waals surface area contributed by atoms with Crippen molar-refractivity contribution >= 4 is 18.1 Å². The van der Waals surface area contributed by atoms with Crippen molar-refractivity contribution in [3.8, 4) is 0 Å². The van der Waals surface area contributed by atoms with Gasteiger partial charge in [0.15, 0.2) is 0 Å². The number of nitrogens with zero attached hydrogens (tertiary/aromatic N) is 1. The summed E-state index contributed by atoms with van der Waals surface area (Å²) < 4.78 is 16.1. The summed E-state index contributed by atoms with van der Waals surface area (Å²) in [6.07, 6.45) is 5.14. The van der Waals surface area contributed by atoms with E-state index in [9.17, 15) is 14.4 Å². The van der Waals surface area contributed by atoms with Crippen molar-refractivity contribution in [1.29, 1.82) is 0 Å². The van der Waals surface area contributed by atoms with E-state index in [0.29, 0.717) is 39.6 Å². The molecule has 0 aliphatic carbocycles. The number of aldehydes is 1. The van der Waals surface area contributed by atoms with Crippen LogP contribution in [0, 0.1) is 5.41 Å². The number of amides is 2. The maximum absolute atomic E-state index is 11.3. The lowest BCUT2D eigenvalue weighted by atomic mass is 9.90. The molecule has 7 nitrogen and oxygen atoms in total. The lowest BCUT2D eigenvalue weighted by Gasteiger charge is -2.16. The second-order valence-corrected chi connectivity index (χ2v) is 6.21. The molecule has 1 heterocycles. The fourth-order valence-electron chi connectivity index (χ4n) is 2.04. The van der Waals surface area contributed by atoms with E-state index in [1.54, 1.807) is 0 Å². The Bertz CT molecular complexity index is 428. The van der Waals surface area contributed by atoms with Crippen molar-refractivity contribution in [1.82, 2.24) is 4.90 Å². The van der Waals surface area contributed by atoms with E-state index in [1.165, 1.54) is 12.2 Å². The molecule has 7 heteroatoms. The summed E-state index contributed by atoms with van der Waals surface area (Å²) in [5.74, 6) is -0.595. The predicted molar refractivity (Wildman–Crippen MR) is 87.4 cm³/mol. The summed E-state index contributed by atoms with van der Waals surface area (Å²) in [6.45, 7) is 6.81. The number of carbonyl (C=O) groups is 3. The first-order chi connectivity index (χ1) is 11.5. The van der Waals surface area contributed by atoms with Crippen molar-refractivity contribution in [3.05, 3.63) is 12.2 Å². The molecule has 0 unspecified atom stereocenters. The molecular weight excluding hydrogens is 314 g/mol. The SMILES string of the molecule is CC(C)(C=O)CCCOCCOCCOCCN1C(=O)C=CC1=O. The van der Waals surface area contributed by atoms with Crippen LogP contribution in [0.2, 0.25) is 0 Å². The number of hydrogen-bond acceptors (Lipinski definition) is 6. The highest BCUT2D eigenvalue weighted by Gasteiger charge is 2.22. The first-order valence-corrected chi connectivity index (χ1v) is 8.19. The highest BCUT2D eigenvalue weighted by Crippen LogP contribution is 2.18. The Morgan fingerprint density at radius 1 is 0.917 bits per heavy atom. The number of carbonyl (C=O) groups excluding carboxylic acids is 3. The standard InChI is InChI=1S/C17H27NO6/c1-17(2,14-19)6-3-8-22-10-12-24-13-11-23-9-7-18-15(20)4-5-16(18)21/h4-5,14H,3,6-13H2,1-2H3. The van der Waals surface area contributed by atoms with Crippen LogP contribution >= 0.6 is 0 Å². The molecule has 1 rings (SSSR count). The highest BCUT2D eigenvalue weighted by molar-refractivity contribution is 6.12. The maximum atomic E-state index is 11.3. The van der Waals surface area contributed by atoms with Gasteiger partial charge in [0.1, 0.15) is 6.29 Å². The minimum absolute atomic E-state index is 0.255. The molecule has 136 valence electrons. The molecule has 24 heavy (non-hydrogen) atoms. The number of hydrogen-bond donors (Lipinski definition) is 0. The average molecular weight is 341 g/mol. The van der Waals surface area contributed by atoms with E-state index < -0.39 is 0 Å². The zero-order valence-electron chi connectivity index (χ0n) is 14.5. The van der Waals surface area contributed by atoms with Gasteiger partial charge in [-0.3, -0.25) is 14.5 Å². The number of rotatable bonds is 14. The van der Waals surface area contributed by atoms with Crippen LogP contribution in [0.1, 0.15) is 26.7 Å². The third-order valence-electron chi connectivity index (χ3n) is 3.53. The molecule has 0 N–H and O–H groups in total. The van der Waals surface area contributed by atoms with Gasteiger partial charge in [0.05, 0.1) is 39.6 Å². The highest BCUT2D eigenvalue weighted by atomic mass is 16.5. The summed E-state index contributed by atoms with van der Waals surface area (Å²) in [5, 5.41) is 0.